The summed E-state index contributed by atoms with van der Waals surface area (Å²) in [6.07, 6.45) is 0.875. The lowest BCUT2D eigenvalue weighted by molar-refractivity contribution is -0.384. The van der Waals surface area contributed by atoms with Crippen molar-refractivity contribution in [2.45, 2.75) is 39.4 Å². The number of anilines is 1. The smallest absolute Gasteiger partial charge is 0.271 e. The molecule has 0 saturated heterocycles. The van der Waals surface area contributed by atoms with Crippen LogP contribution in [0.4, 0.5) is 11.4 Å². The van der Waals surface area contributed by atoms with Gasteiger partial charge in [-0.2, -0.15) is 0 Å². The Labute approximate surface area is 216 Å². The van der Waals surface area contributed by atoms with Crippen molar-refractivity contribution in [2.24, 2.45) is 0 Å². The number of nitro groups is 1. The number of hydrogen-bond acceptors (Lipinski definition) is 8. The highest BCUT2D eigenvalue weighted by Crippen LogP contribution is 2.34. The van der Waals surface area contributed by atoms with Gasteiger partial charge in [0.15, 0.2) is 0 Å². The minimum Gasteiger partial charge on any atom is -0.497 e. The van der Waals surface area contributed by atoms with Gasteiger partial charge < -0.3 is 19.7 Å². The zero-order chi connectivity index (χ0) is 27.9. The standard InChI is InChI=1S/C24H32N4O8S/c1-16(2)25-24(30)17(3)26(14-18-8-7-9-20(12-18)35-4)23(29)15-27(37(6,33)34)21-13-19(28(31)32)10-11-22(21)36-5/h7-13,16-17H,14-15H2,1-6H3,(H,25,30)/t17-/m1/s1. The van der Waals surface area contributed by atoms with Gasteiger partial charge in [-0.05, 0) is 44.5 Å². The minimum atomic E-state index is -4.11. The maximum Gasteiger partial charge on any atom is 0.271 e. The fraction of sp³-hybridized carbons (Fsp3) is 0.417. The molecule has 0 aliphatic rings. The molecule has 0 fully saturated rings. The molecule has 1 N–H and O–H groups in total. The van der Waals surface area contributed by atoms with E-state index >= 15 is 0 Å². The predicted octanol–water partition coefficient (Wildman–Crippen LogP) is 2.32. The number of rotatable bonds is 12. The summed E-state index contributed by atoms with van der Waals surface area (Å²) in [5.41, 5.74) is 0.0960. The maximum absolute atomic E-state index is 13.6. The third kappa shape index (κ3) is 7.81. The fourth-order valence-electron chi connectivity index (χ4n) is 3.54. The van der Waals surface area contributed by atoms with Crippen LogP contribution in [-0.2, 0) is 26.2 Å². The van der Waals surface area contributed by atoms with Crippen molar-refractivity contribution in [1.82, 2.24) is 10.2 Å². The maximum atomic E-state index is 13.6. The van der Waals surface area contributed by atoms with Crippen LogP contribution in [0.15, 0.2) is 42.5 Å². The molecule has 0 radical (unpaired) electrons. The highest BCUT2D eigenvalue weighted by molar-refractivity contribution is 7.92. The molecule has 2 aromatic rings. The lowest BCUT2D eigenvalue weighted by Crippen LogP contribution is -2.52. The topological polar surface area (TPSA) is 148 Å². The average molecular weight is 537 g/mol. The van der Waals surface area contributed by atoms with Gasteiger partial charge in [0.05, 0.1) is 25.4 Å². The van der Waals surface area contributed by atoms with E-state index in [-0.39, 0.29) is 29.7 Å². The largest absolute Gasteiger partial charge is 0.497 e. The number of carbonyl (C=O) groups excluding carboxylic acids is 2. The number of non-ortho nitro benzene ring substituents is 1. The fourth-order valence-corrected chi connectivity index (χ4v) is 4.38. The summed E-state index contributed by atoms with van der Waals surface area (Å²) in [6, 6.07) is 9.19. The Morgan fingerprint density at radius 3 is 2.30 bits per heavy atom. The number of amides is 2. The predicted molar refractivity (Wildman–Crippen MR) is 138 cm³/mol. The summed E-state index contributed by atoms with van der Waals surface area (Å²) >= 11 is 0. The second-order valence-corrected chi connectivity index (χ2v) is 10.5. The Kier molecular flexibility index (Phi) is 9.83. The molecule has 0 unspecified atom stereocenters. The molecule has 0 aromatic heterocycles. The molecule has 2 aromatic carbocycles. The zero-order valence-electron chi connectivity index (χ0n) is 21.6. The van der Waals surface area contributed by atoms with Crippen LogP contribution in [0.25, 0.3) is 0 Å². The molecule has 0 aliphatic carbocycles. The summed E-state index contributed by atoms with van der Waals surface area (Å²) in [6.45, 7) is 4.35. The molecule has 2 rings (SSSR count). The molecule has 12 nitrogen and oxygen atoms in total. The monoisotopic (exact) mass is 536 g/mol. The minimum absolute atomic E-state index is 0.0214. The van der Waals surface area contributed by atoms with Crippen molar-refractivity contribution in [3.63, 3.8) is 0 Å². The first-order chi connectivity index (χ1) is 17.3. The van der Waals surface area contributed by atoms with Crippen LogP contribution in [0.2, 0.25) is 0 Å². The average Bonchev–Trinajstić information content (AvgIpc) is 2.83. The van der Waals surface area contributed by atoms with Gasteiger partial charge in [0, 0.05) is 24.7 Å². The number of benzene rings is 2. The quantitative estimate of drug-likeness (QED) is 0.321. The third-order valence-electron chi connectivity index (χ3n) is 5.41. The Morgan fingerprint density at radius 1 is 1.08 bits per heavy atom. The van der Waals surface area contributed by atoms with E-state index in [0.717, 1.165) is 22.7 Å². The van der Waals surface area contributed by atoms with Crippen molar-refractivity contribution in [2.75, 3.05) is 31.3 Å². The number of ether oxygens (including phenoxy) is 2. The van der Waals surface area contributed by atoms with Crippen LogP contribution in [0.3, 0.4) is 0 Å². The second kappa shape index (κ2) is 12.4. The summed E-state index contributed by atoms with van der Waals surface area (Å²) in [4.78, 5) is 38.3. The van der Waals surface area contributed by atoms with Crippen LogP contribution in [0.5, 0.6) is 11.5 Å². The van der Waals surface area contributed by atoms with Crippen LogP contribution in [-0.4, -0.2) is 69.2 Å². The molecule has 0 aliphatic heterocycles. The van der Waals surface area contributed by atoms with E-state index < -0.39 is 39.3 Å². The Morgan fingerprint density at radius 2 is 1.76 bits per heavy atom. The van der Waals surface area contributed by atoms with E-state index in [0.29, 0.717) is 11.3 Å². The molecular weight excluding hydrogens is 504 g/mol. The Balaban J connectivity index is 2.53. The number of nitrogens with zero attached hydrogens (tertiary/aromatic N) is 3. The van der Waals surface area contributed by atoms with Gasteiger partial charge in [0.25, 0.3) is 5.69 Å². The first-order valence-corrected chi connectivity index (χ1v) is 13.2. The Bertz CT molecular complexity index is 1250. The van der Waals surface area contributed by atoms with Gasteiger partial charge in [-0.25, -0.2) is 8.42 Å². The SMILES string of the molecule is COc1cccc(CN(C(=O)CN(c2cc([N+](=O)[O-])ccc2OC)S(C)(=O)=O)[C@H](C)C(=O)NC(C)C)c1. The first kappa shape index (κ1) is 29.4. The van der Waals surface area contributed by atoms with E-state index in [9.17, 15) is 28.1 Å². The van der Waals surface area contributed by atoms with Gasteiger partial charge in [-0.3, -0.25) is 24.0 Å². The molecule has 0 heterocycles. The van der Waals surface area contributed by atoms with Crippen molar-refractivity contribution >= 4 is 33.2 Å². The van der Waals surface area contributed by atoms with E-state index in [1.54, 1.807) is 38.1 Å². The van der Waals surface area contributed by atoms with Gasteiger partial charge in [-0.15, -0.1) is 0 Å². The van der Waals surface area contributed by atoms with Gasteiger partial charge in [-0.1, -0.05) is 12.1 Å². The highest BCUT2D eigenvalue weighted by Gasteiger charge is 2.32. The van der Waals surface area contributed by atoms with Crippen LogP contribution < -0.4 is 19.1 Å². The molecule has 13 heteroatoms. The summed E-state index contributed by atoms with van der Waals surface area (Å²) in [7, 11) is -1.33. The number of carbonyl (C=O) groups is 2. The van der Waals surface area contributed by atoms with Crippen molar-refractivity contribution in [3.8, 4) is 11.5 Å². The summed E-state index contributed by atoms with van der Waals surface area (Å²) in [5.74, 6) is -0.560. The van der Waals surface area contributed by atoms with Crippen LogP contribution >= 0.6 is 0 Å². The Hall–Kier alpha value is -3.87. The zero-order valence-corrected chi connectivity index (χ0v) is 22.4. The number of nitrogens with one attached hydrogen (secondary N) is 1. The number of sulfonamides is 1. The molecule has 1 atom stereocenters. The van der Waals surface area contributed by atoms with E-state index in [1.165, 1.54) is 32.1 Å². The molecule has 0 bridgehead atoms. The van der Waals surface area contributed by atoms with Gasteiger partial charge >= 0.3 is 0 Å². The van der Waals surface area contributed by atoms with Crippen LogP contribution in [0.1, 0.15) is 26.3 Å². The van der Waals surface area contributed by atoms with Crippen molar-refractivity contribution < 1.29 is 32.4 Å². The van der Waals surface area contributed by atoms with E-state index in [4.69, 9.17) is 9.47 Å². The normalized spacial score (nSPS) is 12.0. The van der Waals surface area contributed by atoms with Crippen LogP contribution in [0, 0.1) is 10.1 Å². The second-order valence-electron chi connectivity index (χ2n) is 8.60. The summed E-state index contributed by atoms with van der Waals surface area (Å²) < 4.78 is 36.7. The number of methoxy groups -OCH3 is 2. The molecule has 202 valence electrons. The lowest BCUT2D eigenvalue weighted by atomic mass is 10.1. The molecule has 0 saturated carbocycles. The van der Waals surface area contributed by atoms with Gasteiger partial charge in [0.2, 0.25) is 21.8 Å². The molecule has 2 amide bonds. The molecule has 37 heavy (non-hydrogen) atoms. The van der Waals surface area contributed by atoms with Crippen molar-refractivity contribution in [1.29, 1.82) is 0 Å². The summed E-state index contributed by atoms with van der Waals surface area (Å²) in [5, 5.41) is 14.1. The van der Waals surface area contributed by atoms with Crippen molar-refractivity contribution in [3.05, 3.63) is 58.1 Å². The first-order valence-electron chi connectivity index (χ1n) is 11.3. The molecular formula is C24H32N4O8S. The molecule has 0 spiro atoms. The van der Waals surface area contributed by atoms with E-state index in [2.05, 4.69) is 5.32 Å². The number of hydrogen-bond donors (Lipinski definition) is 1. The highest BCUT2D eigenvalue weighted by atomic mass is 32.2. The van der Waals surface area contributed by atoms with Gasteiger partial charge in [0.1, 0.15) is 29.8 Å². The van der Waals surface area contributed by atoms with E-state index in [1.807, 2.05) is 0 Å². The lowest BCUT2D eigenvalue weighted by Gasteiger charge is -2.32. The third-order valence-corrected chi connectivity index (χ3v) is 6.53. The number of nitro benzene ring substituents is 1.